The van der Waals surface area contributed by atoms with E-state index >= 15 is 0 Å². The summed E-state index contributed by atoms with van der Waals surface area (Å²) in [4.78, 5) is 0. The molecule has 0 atom stereocenters. The molecule has 0 aromatic heterocycles. The number of primary sulfonamides is 1. The number of hydrogen-bond acceptors (Lipinski definition) is 3. The Labute approximate surface area is 89.6 Å². The highest BCUT2D eigenvalue weighted by atomic mass is 32.2. The van der Waals surface area contributed by atoms with Crippen LogP contribution in [-0.4, -0.2) is 14.2 Å². The topological polar surface area (TPSA) is 86.2 Å². The summed E-state index contributed by atoms with van der Waals surface area (Å²) in [5.74, 6) is -0.147. The van der Waals surface area contributed by atoms with E-state index in [4.69, 9.17) is 10.9 Å². The van der Waals surface area contributed by atoms with Gasteiger partial charge in [-0.25, -0.2) is 13.6 Å². The maximum absolute atomic E-state index is 10.6. The first-order valence-corrected chi connectivity index (χ1v) is 6.19. The zero-order valence-electron chi connectivity index (χ0n) is 8.26. The van der Waals surface area contributed by atoms with E-state index in [0.717, 1.165) is 11.1 Å². The Morgan fingerprint density at radius 2 is 1.80 bits per heavy atom. The molecule has 0 unspecified atom stereocenters. The molecule has 0 radical (unpaired) electrons. The van der Waals surface area contributed by atoms with Gasteiger partial charge in [0.1, 0.15) is 0 Å². The summed E-state index contributed by atoms with van der Waals surface area (Å²) in [5.41, 5.74) is 7.41. The van der Waals surface area contributed by atoms with E-state index in [1.807, 2.05) is 24.3 Å². The molecule has 5 heteroatoms. The van der Waals surface area contributed by atoms with Crippen molar-refractivity contribution in [2.45, 2.75) is 6.54 Å². The Hall–Kier alpha value is -1.17. The van der Waals surface area contributed by atoms with Crippen LogP contribution >= 0.6 is 0 Å². The molecule has 0 fully saturated rings. The van der Waals surface area contributed by atoms with E-state index in [-0.39, 0.29) is 5.75 Å². The van der Waals surface area contributed by atoms with E-state index in [1.54, 1.807) is 6.08 Å². The fourth-order valence-corrected chi connectivity index (χ4v) is 1.45. The van der Waals surface area contributed by atoms with Crippen LogP contribution in [0.5, 0.6) is 0 Å². The number of rotatable bonds is 4. The van der Waals surface area contributed by atoms with Crippen LogP contribution in [0, 0.1) is 0 Å². The molecule has 0 spiro atoms. The zero-order valence-corrected chi connectivity index (χ0v) is 9.07. The van der Waals surface area contributed by atoms with Crippen molar-refractivity contribution in [3.8, 4) is 0 Å². The molecule has 15 heavy (non-hydrogen) atoms. The molecule has 1 aromatic carbocycles. The van der Waals surface area contributed by atoms with Crippen LogP contribution in [0.25, 0.3) is 6.08 Å². The second kappa shape index (κ2) is 5.06. The maximum Gasteiger partial charge on any atom is 0.212 e. The van der Waals surface area contributed by atoms with Crippen molar-refractivity contribution in [3.63, 3.8) is 0 Å². The summed E-state index contributed by atoms with van der Waals surface area (Å²) in [6.07, 6.45) is 3.23. The number of nitrogens with two attached hydrogens (primary N) is 2. The third-order valence-electron chi connectivity index (χ3n) is 1.85. The minimum absolute atomic E-state index is 0.147. The first kappa shape index (κ1) is 11.9. The van der Waals surface area contributed by atoms with Crippen LogP contribution in [0.1, 0.15) is 11.1 Å². The number of sulfonamides is 1. The molecule has 1 aromatic rings. The summed E-state index contributed by atoms with van der Waals surface area (Å²) in [6.45, 7) is 0.501. The van der Waals surface area contributed by atoms with E-state index in [1.165, 1.54) is 6.08 Å². The zero-order chi connectivity index (χ0) is 11.3. The van der Waals surface area contributed by atoms with Crippen molar-refractivity contribution in [3.05, 3.63) is 41.5 Å². The van der Waals surface area contributed by atoms with Gasteiger partial charge >= 0.3 is 0 Å². The minimum Gasteiger partial charge on any atom is -0.326 e. The van der Waals surface area contributed by atoms with E-state index in [2.05, 4.69) is 0 Å². The average Bonchev–Trinajstić information content (AvgIpc) is 2.17. The van der Waals surface area contributed by atoms with Gasteiger partial charge in [-0.3, -0.25) is 0 Å². The first-order valence-electron chi connectivity index (χ1n) is 4.47. The summed E-state index contributed by atoms with van der Waals surface area (Å²) < 4.78 is 21.3. The fourth-order valence-electron chi connectivity index (χ4n) is 1.08. The summed E-state index contributed by atoms with van der Waals surface area (Å²) >= 11 is 0. The summed E-state index contributed by atoms with van der Waals surface area (Å²) in [5, 5.41) is 4.85. The molecule has 0 saturated heterocycles. The molecule has 0 saturated carbocycles. The van der Waals surface area contributed by atoms with Gasteiger partial charge in [0.2, 0.25) is 10.0 Å². The van der Waals surface area contributed by atoms with Crippen molar-refractivity contribution in [2.75, 3.05) is 5.75 Å². The lowest BCUT2D eigenvalue weighted by atomic mass is 10.1. The molecule has 4 N–H and O–H groups in total. The van der Waals surface area contributed by atoms with Gasteiger partial charge in [0.15, 0.2) is 0 Å². The van der Waals surface area contributed by atoms with Crippen molar-refractivity contribution in [1.29, 1.82) is 0 Å². The Morgan fingerprint density at radius 3 is 2.27 bits per heavy atom. The molecule has 0 aliphatic carbocycles. The second-order valence-corrected chi connectivity index (χ2v) is 4.84. The Morgan fingerprint density at radius 1 is 1.20 bits per heavy atom. The normalized spacial score (nSPS) is 12.1. The molecule has 4 nitrogen and oxygen atoms in total. The van der Waals surface area contributed by atoms with Gasteiger partial charge < -0.3 is 5.73 Å². The van der Waals surface area contributed by atoms with E-state index < -0.39 is 10.0 Å². The third-order valence-corrected chi connectivity index (χ3v) is 2.51. The second-order valence-electron chi connectivity index (χ2n) is 3.18. The van der Waals surface area contributed by atoms with E-state index in [9.17, 15) is 8.42 Å². The molecule has 0 amide bonds. The van der Waals surface area contributed by atoms with Crippen LogP contribution in [0.3, 0.4) is 0 Å². The summed E-state index contributed by atoms with van der Waals surface area (Å²) in [7, 11) is -3.41. The average molecular weight is 226 g/mol. The molecule has 0 aliphatic heterocycles. The van der Waals surface area contributed by atoms with Gasteiger partial charge in [0, 0.05) is 6.54 Å². The van der Waals surface area contributed by atoms with Gasteiger partial charge in [0.05, 0.1) is 5.75 Å². The van der Waals surface area contributed by atoms with Crippen molar-refractivity contribution >= 4 is 16.1 Å². The smallest absolute Gasteiger partial charge is 0.212 e. The van der Waals surface area contributed by atoms with Gasteiger partial charge in [-0.05, 0) is 11.1 Å². The highest BCUT2D eigenvalue weighted by Crippen LogP contribution is 2.05. The van der Waals surface area contributed by atoms with Crippen LogP contribution in [0.2, 0.25) is 0 Å². The Kier molecular flexibility index (Phi) is 4.02. The van der Waals surface area contributed by atoms with Crippen molar-refractivity contribution < 1.29 is 8.42 Å². The molecule has 0 bridgehead atoms. The predicted octanol–water partition coefficient (Wildman–Crippen LogP) is 0.447. The molecule has 82 valence electrons. The largest absolute Gasteiger partial charge is 0.326 e. The van der Waals surface area contributed by atoms with Crippen molar-refractivity contribution in [1.82, 2.24) is 0 Å². The molecule has 0 heterocycles. The fraction of sp³-hybridized carbons (Fsp3) is 0.200. The van der Waals surface area contributed by atoms with Crippen LogP contribution in [0.4, 0.5) is 0 Å². The quantitative estimate of drug-likeness (QED) is 0.781. The van der Waals surface area contributed by atoms with Crippen LogP contribution < -0.4 is 10.9 Å². The number of hydrogen-bond donors (Lipinski definition) is 2. The van der Waals surface area contributed by atoms with Gasteiger partial charge in [-0.15, -0.1) is 0 Å². The highest BCUT2D eigenvalue weighted by molar-refractivity contribution is 7.89. The van der Waals surface area contributed by atoms with Gasteiger partial charge in [-0.2, -0.15) is 0 Å². The van der Waals surface area contributed by atoms with Crippen LogP contribution in [-0.2, 0) is 16.6 Å². The lowest BCUT2D eigenvalue weighted by Crippen LogP contribution is -2.14. The lowest BCUT2D eigenvalue weighted by Gasteiger charge is -1.97. The molecule has 1 rings (SSSR count). The molecule has 0 aliphatic rings. The van der Waals surface area contributed by atoms with Gasteiger partial charge in [-0.1, -0.05) is 36.4 Å². The minimum atomic E-state index is -3.41. The molecular weight excluding hydrogens is 212 g/mol. The Bertz CT molecular complexity index is 435. The maximum atomic E-state index is 10.6. The first-order chi connectivity index (χ1) is 7.01. The third kappa shape index (κ3) is 4.73. The Balaban J connectivity index is 2.65. The predicted molar refractivity (Wildman–Crippen MR) is 61.3 cm³/mol. The highest BCUT2D eigenvalue weighted by Gasteiger charge is 1.96. The standard InChI is InChI=1S/C10H14N2O2S/c11-8-10-5-3-9(4-6-10)2-1-7-15(12,13)14/h1-6H,7-8,11H2,(H2,12,13,14). The SMILES string of the molecule is NCc1ccc(C=CCS(N)(=O)=O)cc1. The number of benzene rings is 1. The van der Waals surface area contributed by atoms with E-state index in [0.29, 0.717) is 6.54 Å². The van der Waals surface area contributed by atoms with Gasteiger partial charge in [0.25, 0.3) is 0 Å². The van der Waals surface area contributed by atoms with Crippen LogP contribution in [0.15, 0.2) is 30.3 Å². The monoisotopic (exact) mass is 226 g/mol. The summed E-state index contributed by atoms with van der Waals surface area (Å²) in [6, 6.07) is 7.55. The lowest BCUT2D eigenvalue weighted by molar-refractivity contribution is 0.600. The van der Waals surface area contributed by atoms with Crippen molar-refractivity contribution in [2.24, 2.45) is 10.9 Å². The molecular formula is C10H14N2O2S.